The molecule has 4 rings (SSSR count). The van der Waals surface area contributed by atoms with Crippen molar-refractivity contribution in [1.82, 2.24) is 25.6 Å². The second-order valence-electron chi connectivity index (χ2n) is 14.0. The van der Waals surface area contributed by atoms with E-state index < -0.39 is 29.4 Å². The zero-order valence-electron chi connectivity index (χ0n) is 26.5. The Balaban J connectivity index is 1.44. The molecule has 2 amide bonds. The summed E-state index contributed by atoms with van der Waals surface area (Å²) >= 11 is 0. The van der Waals surface area contributed by atoms with E-state index in [1.807, 2.05) is 41.5 Å². The van der Waals surface area contributed by atoms with Crippen LogP contribution in [0.4, 0.5) is 21.5 Å². The van der Waals surface area contributed by atoms with Crippen molar-refractivity contribution in [3.63, 3.8) is 0 Å². The van der Waals surface area contributed by atoms with Gasteiger partial charge in [-0.15, -0.1) is 0 Å². The lowest BCUT2D eigenvalue weighted by molar-refractivity contribution is -0.142. The maximum absolute atomic E-state index is 12.3. The van der Waals surface area contributed by atoms with Crippen LogP contribution in [0, 0.1) is 5.92 Å². The number of carboxylic acids is 1. The lowest BCUT2D eigenvalue weighted by Gasteiger charge is -2.35. The van der Waals surface area contributed by atoms with Crippen molar-refractivity contribution < 1.29 is 29.0 Å². The highest BCUT2D eigenvalue weighted by Crippen LogP contribution is 2.36. The Morgan fingerprint density at radius 1 is 0.674 bits per heavy atom. The number of nitrogens with one attached hydrogen (secondary N) is 2. The van der Waals surface area contributed by atoms with Gasteiger partial charge in [-0.3, -0.25) is 4.79 Å². The smallest absolute Gasteiger partial charge is 0.407 e. The SMILES string of the molecule is CC(C)(C)OC(=O)NC1CCN(c2nc(C3CCC(C(=O)O)CC3)nc(N3CCC(NC(=O)OC(C)(C)C)CC3)n2)CC1. The van der Waals surface area contributed by atoms with Crippen molar-refractivity contribution >= 4 is 30.1 Å². The quantitative estimate of drug-likeness (QED) is 0.427. The molecule has 13 heteroatoms. The Morgan fingerprint density at radius 3 is 1.42 bits per heavy atom. The molecule has 0 aromatic carbocycles. The number of hydrogen-bond donors (Lipinski definition) is 3. The number of rotatable bonds is 6. The fourth-order valence-electron chi connectivity index (χ4n) is 5.83. The highest BCUT2D eigenvalue weighted by atomic mass is 16.6. The zero-order chi connectivity index (χ0) is 31.4. The van der Waals surface area contributed by atoms with E-state index in [1.165, 1.54) is 0 Å². The third-order valence-electron chi connectivity index (χ3n) is 8.07. The van der Waals surface area contributed by atoms with E-state index in [9.17, 15) is 19.5 Å². The standard InChI is InChI=1S/C30H49N7O6/c1-29(2,3)42-27(40)31-21-11-15-36(16-12-21)25-33-23(19-7-9-20(10-8-19)24(38)39)34-26(35-25)37-17-13-22(14-18-37)32-28(41)43-30(4,5)6/h19-22H,7-18H2,1-6H3,(H,31,40)(H,32,41)(H,38,39). The third kappa shape index (κ3) is 9.82. The number of anilines is 2. The molecule has 3 fully saturated rings. The molecule has 240 valence electrons. The molecule has 0 bridgehead atoms. The average Bonchev–Trinajstić information content (AvgIpc) is 2.91. The Bertz CT molecular complexity index is 1060. The van der Waals surface area contributed by atoms with Crippen LogP contribution >= 0.6 is 0 Å². The monoisotopic (exact) mass is 603 g/mol. The molecule has 2 saturated heterocycles. The summed E-state index contributed by atoms with van der Waals surface area (Å²) in [5, 5.41) is 15.4. The summed E-state index contributed by atoms with van der Waals surface area (Å²) < 4.78 is 10.8. The van der Waals surface area contributed by atoms with Crippen LogP contribution in [0.15, 0.2) is 0 Å². The number of carboxylic acid groups (broad SMARTS) is 1. The largest absolute Gasteiger partial charge is 0.481 e. The summed E-state index contributed by atoms with van der Waals surface area (Å²) in [6.45, 7) is 13.8. The Morgan fingerprint density at radius 2 is 1.07 bits per heavy atom. The molecule has 1 aliphatic carbocycles. The van der Waals surface area contributed by atoms with Gasteiger partial charge in [0.15, 0.2) is 0 Å². The van der Waals surface area contributed by atoms with E-state index in [0.29, 0.717) is 56.7 Å². The molecule has 3 heterocycles. The van der Waals surface area contributed by atoms with E-state index in [2.05, 4.69) is 20.4 Å². The number of aliphatic carboxylic acids is 1. The van der Waals surface area contributed by atoms with Crippen molar-refractivity contribution in [2.45, 2.75) is 122 Å². The van der Waals surface area contributed by atoms with E-state index in [-0.39, 0.29) is 23.9 Å². The highest BCUT2D eigenvalue weighted by Gasteiger charge is 2.32. The van der Waals surface area contributed by atoms with Crippen molar-refractivity contribution in [3.05, 3.63) is 5.82 Å². The first-order chi connectivity index (χ1) is 20.1. The Labute approximate surface area is 254 Å². The average molecular weight is 604 g/mol. The fourth-order valence-corrected chi connectivity index (χ4v) is 5.83. The van der Waals surface area contributed by atoms with Crippen LogP contribution in [-0.2, 0) is 14.3 Å². The van der Waals surface area contributed by atoms with E-state index in [0.717, 1.165) is 38.5 Å². The van der Waals surface area contributed by atoms with Gasteiger partial charge in [-0.05, 0) is 92.9 Å². The minimum absolute atomic E-state index is 0.00896. The van der Waals surface area contributed by atoms with Crippen molar-refractivity contribution in [3.8, 4) is 0 Å². The normalized spacial score (nSPS) is 22.6. The van der Waals surface area contributed by atoms with Gasteiger partial charge < -0.3 is 35.0 Å². The maximum Gasteiger partial charge on any atom is 0.407 e. The zero-order valence-corrected chi connectivity index (χ0v) is 26.5. The number of aromatic nitrogens is 3. The number of hydrogen-bond acceptors (Lipinski definition) is 10. The van der Waals surface area contributed by atoms with Gasteiger partial charge in [0, 0.05) is 44.2 Å². The van der Waals surface area contributed by atoms with Crippen LogP contribution in [0.2, 0.25) is 0 Å². The van der Waals surface area contributed by atoms with Gasteiger partial charge in [0.25, 0.3) is 0 Å². The number of amides is 2. The summed E-state index contributed by atoms with van der Waals surface area (Å²) in [6, 6.07) is 0.0179. The van der Waals surface area contributed by atoms with Gasteiger partial charge >= 0.3 is 18.2 Å². The molecule has 13 nitrogen and oxygen atoms in total. The molecule has 1 aromatic rings. The number of nitrogens with zero attached hydrogens (tertiary/aromatic N) is 5. The van der Waals surface area contributed by atoms with Crippen LogP contribution in [0.5, 0.6) is 0 Å². The van der Waals surface area contributed by atoms with Crippen LogP contribution in [-0.4, -0.2) is 87.7 Å². The number of ether oxygens (including phenoxy) is 2. The van der Waals surface area contributed by atoms with Crippen molar-refractivity contribution in [2.75, 3.05) is 36.0 Å². The minimum Gasteiger partial charge on any atom is -0.481 e. The molecular weight excluding hydrogens is 554 g/mol. The molecule has 3 aliphatic rings. The van der Waals surface area contributed by atoms with Gasteiger partial charge in [0.05, 0.1) is 5.92 Å². The van der Waals surface area contributed by atoms with Crippen molar-refractivity contribution in [1.29, 1.82) is 0 Å². The highest BCUT2D eigenvalue weighted by molar-refractivity contribution is 5.70. The summed E-state index contributed by atoms with van der Waals surface area (Å²) in [4.78, 5) is 55.1. The number of carbonyl (C=O) groups is 3. The van der Waals surface area contributed by atoms with Gasteiger partial charge in [-0.2, -0.15) is 15.0 Å². The van der Waals surface area contributed by atoms with E-state index >= 15 is 0 Å². The number of alkyl carbamates (subject to hydrolysis) is 2. The Hall–Kier alpha value is -3.38. The molecule has 1 aromatic heterocycles. The lowest BCUT2D eigenvalue weighted by atomic mass is 9.81. The molecule has 1 saturated carbocycles. The molecule has 0 atom stereocenters. The van der Waals surface area contributed by atoms with Gasteiger partial charge in [-0.1, -0.05) is 0 Å². The van der Waals surface area contributed by atoms with Crippen LogP contribution in [0.25, 0.3) is 0 Å². The summed E-state index contributed by atoms with van der Waals surface area (Å²) in [7, 11) is 0. The first kappa shape index (κ1) is 32.5. The van der Waals surface area contributed by atoms with E-state index in [1.54, 1.807) is 0 Å². The predicted molar refractivity (Wildman–Crippen MR) is 161 cm³/mol. The molecule has 3 N–H and O–H groups in total. The van der Waals surface area contributed by atoms with Gasteiger partial charge in [-0.25, -0.2) is 9.59 Å². The first-order valence-electron chi connectivity index (χ1n) is 15.6. The lowest BCUT2D eigenvalue weighted by Crippen LogP contribution is -2.47. The summed E-state index contributed by atoms with van der Waals surface area (Å²) in [6.07, 6.45) is 4.81. The number of piperidine rings is 2. The maximum atomic E-state index is 12.3. The number of carbonyl (C=O) groups excluding carboxylic acids is 2. The van der Waals surface area contributed by atoms with E-state index in [4.69, 9.17) is 24.4 Å². The van der Waals surface area contributed by atoms with Gasteiger partial charge in [0.1, 0.15) is 17.0 Å². The third-order valence-corrected chi connectivity index (χ3v) is 8.07. The predicted octanol–water partition coefficient (Wildman–Crippen LogP) is 4.22. The topological polar surface area (TPSA) is 159 Å². The van der Waals surface area contributed by atoms with Crippen LogP contribution < -0.4 is 20.4 Å². The first-order valence-corrected chi connectivity index (χ1v) is 15.6. The molecule has 43 heavy (non-hydrogen) atoms. The fraction of sp³-hybridized carbons (Fsp3) is 0.800. The van der Waals surface area contributed by atoms with Crippen molar-refractivity contribution in [2.24, 2.45) is 5.92 Å². The molecule has 2 aliphatic heterocycles. The molecule has 0 unspecified atom stereocenters. The second kappa shape index (κ2) is 13.5. The second-order valence-corrected chi connectivity index (χ2v) is 14.0. The minimum atomic E-state index is -0.735. The Kier molecular flexibility index (Phi) is 10.2. The van der Waals surface area contributed by atoms with Crippen LogP contribution in [0.1, 0.15) is 105 Å². The summed E-state index contributed by atoms with van der Waals surface area (Å²) in [5.74, 6) is 0.974. The molecule has 0 radical (unpaired) electrons. The molecule has 0 spiro atoms. The van der Waals surface area contributed by atoms with Gasteiger partial charge in [0.2, 0.25) is 11.9 Å². The summed E-state index contributed by atoms with van der Waals surface area (Å²) in [5.41, 5.74) is -1.10. The van der Waals surface area contributed by atoms with Crippen LogP contribution in [0.3, 0.4) is 0 Å². The molecular formula is C30H49N7O6.